The third-order valence-electron chi connectivity index (χ3n) is 6.44. The van der Waals surface area contributed by atoms with Gasteiger partial charge in [0.2, 0.25) is 11.8 Å². The van der Waals surface area contributed by atoms with Crippen molar-refractivity contribution in [3.8, 4) is 5.75 Å². The largest absolute Gasteiger partial charge is 0.508 e. The molecule has 2 saturated heterocycles. The van der Waals surface area contributed by atoms with Gasteiger partial charge < -0.3 is 15.3 Å². The van der Waals surface area contributed by atoms with Crippen LogP contribution in [0.25, 0.3) is 0 Å². The van der Waals surface area contributed by atoms with Crippen molar-refractivity contribution in [1.29, 1.82) is 0 Å². The van der Waals surface area contributed by atoms with Gasteiger partial charge in [-0.3, -0.25) is 14.5 Å². The lowest BCUT2D eigenvalue weighted by Gasteiger charge is -2.51. The Balaban J connectivity index is 1.52. The van der Waals surface area contributed by atoms with Crippen LogP contribution in [0.15, 0.2) is 41.8 Å². The van der Waals surface area contributed by atoms with Crippen LogP contribution in [0.2, 0.25) is 0 Å². The van der Waals surface area contributed by atoms with Crippen LogP contribution in [0.3, 0.4) is 0 Å². The van der Waals surface area contributed by atoms with Crippen molar-refractivity contribution in [3.63, 3.8) is 0 Å². The number of hydrogen-bond donors (Lipinski definition) is 2. The topological polar surface area (TPSA) is 72.9 Å². The van der Waals surface area contributed by atoms with Gasteiger partial charge in [-0.05, 0) is 54.3 Å². The number of carbonyl (C=O) groups excluding carboxylic acids is 2. The molecule has 1 aromatic heterocycles. The zero-order valence-electron chi connectivity index (χ0n) is 18.2. The standard InChI is InChI=1S/C24H31N3O3S/c1-17(2)14-21-22(29)27(16-20-4-3-13-31-20)24(23(30)25-21)9-11-26(12-10-24)15-18-5-7-19(28)8-6-18/h3-8,13,17,21,28H,9-12,14-16H2,1-2H3,(H,25,30). The van der Waals surface area contributed by atoms with E-state index in [1.165, 1.54) is 0 Å². The molecular formula is C24H31N3O3S. The number of likely N-dealkylation sites (tertiary alicyclic amines) is 1. The Morgan fingerprint density at radius 3 is 2.45 bits per heavy atom. The number of benzene rings is 1. The first kappa shape index (κ1) is 21.8. The summed E-state index contributed by atoms with van der Waals surface area (Å²) in [6, 6.07) is 10.8. The molecule has 1 atom stereocenters. The summed E-state index contributed by atoms with van der Waals surface area (Å²) in [7, 11) is 0. The molecule has 7 heteroatoms. The Kier molecular flexibility index (Phi) is 6.34. The van der Waals surface area contributed by atoms with Gasteiger partial charge >= 0.3 is 0 Å². The number of phenolic OH excluding ortho intramolecular Hbond substituents is 1. The molecule has 2 aromatic rings. The highest BCUT2D eigenvalue weighted by molar-refractivity contribution is 7.09. The van der Waals surface area contributed by atoms with Crippen molar-refractivity contribution in [2.45, 2.75) is 57.8 Å². The van der Waals surface area contributed by atoms with Crippen molar-refractivity contribution < 1.29 is 14.7 Å². The van der Waals surface area contributed by atoms with E-state index in [9.17, 15) is 14.7 Å². The molecule has 166 valence electrons. The highest BCUT2D eigenvalue weighted by Crippen LogP contribution is 2.36. The van der Waals surface area contributed by atoms with E-state index < -0.39 is 11.6 Å². The molecule has 2 N–H and O–H groups in total. The molecule has 1 spiro atoms. The monoisotopic (exact) mass is 441 g/mol. The summed E-state index contributed by atoms with van der Waals surface area (Å²) in [5, 5.41) is 14.6. The molecule has 1 unspecified atom stereocenters. The van der Waals surface area contributed by atoms with Crippen LogP contribution in [-0.2, 0) is 22.7 Å². The Labute approximate surface area is 187 Å². The summed E-state index contributed by atoms with van der Waals surface area (Å²) in [6.45, 7) is 6.92. The number of nitrogens with one attached hydrogen (secondary N) is 1. The van der Waals surface area contributed by atoms with E-state index in [1.54, 1.807) is 23.5 Å². The van der Waals surface area contributed by atoms with Gasteiger partial charge in [0, 0.05) is 24.5 Å². The van der Waals surface area contributed by atoms with E-state index >= 15 is 0 Å². The van der Waals surface area contributed by atoms with Crippen LogP contribution < -0.4 is 5.32 Å². The molecule has 0 radical (unpaired) electrons. The van der Waals surface area contributed by atoms with Gasteiger partial charge in [-0.2, -0.15) is 0 Å². The van der Waals surface area contributed by atoms with E-state index in [-0.39, 0.29) is 17.6 Å². The predicted molar refractivity (Wildman–Crippen MR) is 122 cm³/mol. The summed E-state index contributed by atoms with van der Waals surface area (Å²) < 4.78 is 0. The fourth-order valence-electron chi connectivity index (χ4n) is 4.73. The quantitative estimate of drug-likeness (QED) is 0.721. The average molecular weight is 442 g/mol. The number of aromatic hydroxyl groups is 1. The minimum Gasteiger partial charge on any atom is -0.508 e. The van der Waals surface area contributed by atoms with E-state index in [0.717, 1.165) is 30.1 Å². The average Bonchev–Trinajstić information content (AvgIpc) is 3.25. The lowest BCUT2D eigenvalue weighted by atomic mass is 9.80. The second kappa shape index (κ2) is 9.01. The van der Waals surface area contributed by atoms with E-state index in [4.69, 9.17) is 0 Å². The zero-order chi connectivity index (χ0) is 22.0. The minimum absolute atomic E-state index is 0.00131. The third-order valence-corrected chi connectivity index (χ3v) is 7.30. The molecule has 3 heterocycles. The molecular weight excluding hydrogens is 410 g/mol. The van der Waals surface area contributed by atoms with Gasteiger partial charge in [-0.25, -0.2) is 0 Å². The minimum atomic E-state index is -0.778. The normalized spacial score (nSPS) is 21.6. The van der Waals surface area contributed by atoms with E-state index in [2.05, 4.69) is 24.1 Å². The van der Waals surface area contributed by atoms with E-state index in [1.807, 2.05) is 34.5 Å². The summed E-state index contributed by atoms with van der Waals surface area (Å²) in [6.07, 6.45) is 1.92. The lowest BCUT2D eigenvalue weighted by Crippen LogP contribution is -2.72. The molecule has 6 nitrogen and oxygen atoms in total. The molecule has 0 saturated carbocycles. The molecule has 0 aliphatic carbocycles. The van der Waals surface area contributed by atoms with Crippen LogP contribution in [0.1, 0.15) is 43.6 Å². The second-order valence-electron chi connectivity index (χ2n) is 9.13. The Morgan fingerprint density at radius 1 is 1.13 bits per heavy atom. The first-order valence-electron chi connectivity index (χ1n) is 11.0. The van der Waals surface area contributed by atoms with Crippen LogP contribution in [0.5, 0.6) is 5.75 Å². The number of rotatable bonds is 6. The van der Waals surface area contributed by atoms with Gasteiger partial charge in [-0.15, -0.1) is 11.3 Å². The molecule has 2 amide bonds. The maximum atomic E-state index is 13.5. The maximum Gasteiger partial charge on any atom is 0.246 e. The number of piperidine rings is 1. The molecule has 31 heavy (non-hydrogen) atoms. The summed E-state index contributed by atoms with van der Waals surface area (Å²) in [4.78, 5) is 32.2. The smallest absolute Gasteiger partial charge is 0.246 e. The Morgan fingerprint density at radius 2 is 1.84 bits per heavy atom. The predicted octanol–water partition coefficient (Wildman–Crippen LogP) is 3.36. The summed E-state index contributed by atoms with van der Waals surface area (Å²) >= 11 is 1.63. The van der Waals surface area contributed by atoms with Crippen LogP contribution in [0.4, 0.5) is 0 Å². The lowest BCUT2D eigenvalue weighted by molar-refractivity contribution is -0.162. The Hall–Kier alpha value is -2.38. The van der Waals surface area contributed by atoms with Crippen LogP contribution in [0, 0.1) is 5.92 Å². The van der Waals surface area contributed by atoms with Gasteiger partial charge in [-0.1, -0.05) is 32.0 Å². The SMILES string of the molecule is CC(C)CC1NC(=O)C2(CCN(Cc3ccc(O)cc3)CC2)N(Cc2cccs2)C1=O. The third kappa shape index (κ3) is 4.62. The van der Waals surface area contributed by atoms with E-state index in [0.29, 0.717) is 31.7 Å². The number of thiophene rings is 1. The van der Waals surface area contributed by atoms with Gasteiger partial charge in [0.05, 0.1) is 6.54 Å². The number of amides is 2. The number of nitrogens with zero attached hydrogens (tertiary/aromatic N) is 2. The van der Waals surface area contributed by atoms with Crippen molar-refractivity contribution in [3.05, 3.63) is 52.2 Å². The van der Waals surface area contributed by atoms with Crippen molar-refractivity contribution in [1.82, 2.24) is 15.1 Å². The van der Waals surface area contributed by atoms with Crippen LogP contribution >= 0.6 is 11.3 Å². The van der Waals surface area contributed by atoms with Crippen LogP contribution in [-0.4, -0.2) is 51.4 Å². The molecule has 1 aromatic carbocycles. The molecule has 2 fully saturated rings. The fraction of sp³-hybridized carbons (Fsp3) is 0.500. The highest BCUT2D eigenvalue weighted by Gasteiger charge is 2.53. The highest BCUT2D eigenvalue weighted by atomic mass is 32.1. The molecule has 2 aliphatic heterocycles. The number of piperazine rings is 1. The van der Waals surface area contributed by atoms with Crippen molar-refractivity contribution in [2.75, 3.05) is 13.1 Å². The van der Waals surface area contributed by atoms with Gasteiger partial charge in [0.1, 0.15) is 17.3 Å². The fourth-order valence-corrected chi connectivity index (χ4v) is 5.43. The maximum absolute atomic E-state index is 13.5. The first-order valence-corrected chi connectivity index (χ1v) is 11.9. The Bertz CT molecular complexity index is 903. The van der Waals surface area contributed by atoms with Gasteiger partial charge in [0.25, 0.3) is 0 Å². The summed E-state index contributed by atoms with van der Waals surface area (Å²) in [5.41, 5.74) is 0.352. The molecule has 2 aliphatic rings. The number of hydrogen-bond acceptors (Lipinski definition) is 5. The summed E-state index contributed by atoms with van der Waals surface area (Å²) in [5.74, 6) is 0.644. The zero-order valence-corrected chi connectivity index (χ0v) is 19.0. The molecule has 0 bridgehead atoms. The molecule has 4 rings (SSSR count). The number of carbonyl (C=O) groups is 2. The number of phenols is 1. The van der Waals surface area contributed by atoms with Crippen molar-refractivity contribution in [2.24, 2.45) is 5.92 Å². The second-order valence-corrected chi connectivity index (χ2v) is 10.2. The first-order chi connectivity index (χ1) is 14.9. The van der Waals surface area contributed by atoms with Gasteiger partial charge in [0.15, 0.2) is 0 Å². The van der Waals surface area contributed by atoms with Crippen molar-refractivity contribution >= 4 is 23.2 Å².